The van der Waals surface area contributed by atoms with Crippen LogP contribution in [0, 0.1) is 5.41 Å². The number of aliphatic imine (C=N–C) groups is 1. The Labute approximate surface area is 172 Å². The maximum Gasteiger partial charge on any atom is 0.191 e. The van der Waals surface area contributed by atoms with Crippen molar-refractivity contribution in [3.8, 4) is 0 Å². The molecule has 3 rings (SSSR count). The second kappa shape index (κ2) is 9.37. The summed E-state index contributed by atoms with van der Waals surface area (Å²) in [6.07, 6.45) is 8.06. The Morgan fingerprint density at radius 1 is 1.44 bits per heavy atom. The van der Waals surface area contributed by atoms with Crippen molar-refractivity contribution < 1.29 is 4.74 Å². The van der Waals surface area contributed by atoms with Gasteiger partial charge in [-0.25, -0.2) is 4.98 Å². The highest BCUT2D eigenvalue weighted by atomic mass is 127. The molecule has 0 bridgehead atoms. The summed E-state index contributed by atoms with van der Waals surface area (Å²) in [5, 5.41) is 7.53. The minimum Gasteiger partial charge on any atom is -0.378 e. The lowest BCUT2D eigenvalue weighted by Crippen LogP contribution is -2.68. The molecule has 25 heavy (non-hydrogen) atoms. The quantitative estimate of drug-likeness (QED) is 0.285. The molecule has 7 heteroatoms. The molecule has 1 aromatic rings. The molecule has 2 aliphatic carbocycles. The van der Waals surface area contributed by atoms with E-state index in [1.807, 2.05) is 25.4 Å². The van der Waals surface area contributed by atoms with Crippen LogP contribution in [-0.4, -0.2) is 43.3 Å². The first-order valence-electron chi connectivity index (χ1n) is 8.87. The molecule has 2 atom stereocenters. The van der Waals surface area contributed by atoms with Crippen LogP contribution in [0.4, 0.5) is 0 Å². The maximum absolute atomic E-state index is 5.91. The van der Waals surface area contributed by atoms with E-state index in [0.717, 1.165) is 37.5 Å². The topological polar surface area (TPSA) is 58.5 Å². The van der Waals surface area contributed by atoms with Crippen molar-refractivity contribution in [2.24, 2.45) is 10.4 Å². The van der Waals surface area contributed by atoms with Crippen molar-refractivity contribution in [2.45, 2.75) is 51.2 Å². The average molecular weight is 479 g/mol. The Bertz CT molecular complexity index is 577. The van der Waals surface area contributed by atoms with Crippen molar-refractivity contribution >= 4 is 41.5 Å². The van der Waals surface area contributed by atoms with Crippen LogP contribution in [0.2, 0.25) is 5.15 Å². The zero-order valence-corrected chi connectivity index (χ0v) is 18.0. The van der Waals surface area contributed by atoms with Crippen molar-refractivity contribution in [3.05, 3.63) is 29.0 Å². The predicted molar refractivity (Wildman–Crippen MR) is 113 cm³/mol. The third-order valence-electron chi connectivity index (χ3n) is 5.47. The standard InChI is InChI=1S/C18H27ClN4O.HI/c1-3-24-15-11-14(18(15)8-4-9-18)23-17(20-2)21-10-7-13-5-6-16(19)22-12-13;/h5-6,12,14-15H,3-4,7-11H2,1-2H3,(H2,20,21,23);1H. The third kappa shape index (κ3) is 4.57. The van der Waals surface area contributed by atoms with E-state index in [-0.39, 0.29) is 24.0 Å². The SMILES string of the molecule is CCOC1CC(NC(=NC)NCCc2ccc(Cl)nc2)C12CCC2.I. The van der Waals surface area contributed by atoms with Crippen LogP contribution in [0.1, 0.15) is 38.2 Å². The molecule has 0 saturated heterocycles. The zero-order valence-electron chi connectivity index (χ0n) is 14.9. The van der Waals surface area contributed by atoms with Gasteiger partial charge in [0.1, 0.15) is 5.15 Å². The summed E-state index contributed by atoms with van der Waals surface area (Å²) in [6.45, 7) is 3.71. The van der Waals surface area contributed by atoms with E-state index >= 15 is 0 Å². The van der Waals surface area contributed by atoms with Gasteiger partial charge in [0.05, 0.1) is 6.10 Å². The van der Waals surface area contributed by atoms with Gasteiger partial charge in [-0.15, -0.1) is 24.0 Å². The summed E-state index contributed by atoms with van der Waals surface area (Å²) in [4.78, 5) is 8.48. The highest BCUT2D eigenvalue weighted by Gasteiger charge is 2.59. The molecule has 1 spiro atoms. The lowest BCUT2D eigenvalue weighted by atomic mass is 9.51. The minimum absolute atomic E-state index is 0. The number of guanidine groups is 1. The van der Waals surface area contributed by atoms with Crippen LogP contribution in [0.15, 0.2) is 23.3 Å². The van der Waals surface area contributed by atoms with Gasteiger partial charge in [-0.05, 0) is 44.2 Å². The van der Waals surface area contributed by atoms with Gasteiger partial charge in [-0.2, -0.15) is 0 Å². The molecule has 0 aliphatic heterocycles. The van der Waals surface area contributed by atoms with Crippen molar-refractivity contribution in [1.29, 1.82) is 0 Å². The minimum atomic E-state index is 0. The van der Waals surface area contributed by atoms with Gasteiger partial charge >= 0.3 is 0 Å². The molecule has 2 N–H and O–H groups in total. The van der Waals surface area contributed by atoms with Crippen LogP contribution in [-0.2, 0) is 11.2 Å². The number of nitrogens with one attached hydrogen (secondary N) is 2. The van der Waals surface area contributed by atoms with E-state index in [2.05, 4.69) is 27.5 Å². The number of halogens is 2. The number of hydrogen-bond acceptors (Lipinski definition) is 3. The number of rotatable bonds is 6. The van der Waals surface area contributed by atoms with Gasteiger partial charge < -0.3 is 15.4 Å². The Balaban J connectivity index is 0.00000225. The molecule has 2 unspecified atom stereocenters. The summed E-state index contributed by atoms with van der Waals surface area (Å²) in [5.41, 5.74) is 1.51. The average Bonchev–Trinajstić information content (AvgIpc) is 2.52. The van der Waals surface area contributed by atoms with Crippen molar-refractivity contribution in [1.82, 2.24) is 15.6 Å². The predicted octanol–water partition coefficient (Wildman–Crippen LogP) is 3.41. The lowest BCUT2D eigenvalue weighted by molar-refractivity contribution is -0.168. The van der Waals surface area contributed by atoms with Gasteiger partial charge in [-0.1, -0.05) is 24.1 Å². The van der Waals surface area contributed by atoms with Crippen LogP contribution >= 0.6 is 35.6 Å². The first kappa shape index (κ1) is 20.7. The van der Waals surface area contributed by atoms with Crippen molar-refractivity contribution in [2.75, 3.05) is 20.2 Å². The van der Waals surface area contributed by atoms with E-state index in [1.165, 1.54) is 19.3 Å². The fourth-order valence-corrected chi connectivity index (χ4v) is 3.99. The molecular weight excluding hydrogens is 451 g/mol. The molecule has 140 valence electrons. The fourth-order valence-electron chi connectivity index (χ4n) is 3.88. The molecular formula is C18H28ClIN4O. The summed E-state index contributed by atoms with van der Waals surface area (Å²) in [7, 11) is 1.82. The van der Waals surface area contributed by atoms with Crippen molar-refractivity contribution in [3.63, 3.8) is 0 Å². The van der Waals surface area contributed by atoms with Crippen LogP contribution in [0.5, 0.6) is 0 Å². The van der Waals surface area contributed by atoms with Gasteiger partial charge in [0, 0.05) is 37.9 Å². The highest BCUT2D eigenvalue weighted by molar-refractivity contribution is 14.0. The number of hydrogen-bond donors (Lipinski definition) is 2. The normalized spacial score (nSPS) is 24.0. The molecule has 2 saturated carbocycles. The molecule has 0 aromatic carbocycles. The van der Waals surface area contributed by atoms with Crippen LogP contribution in [0.25, 0.3) is 0 Å². The van der Waals surface area contributed by atoms with E-state index in [4.69, 9.17) is 16.3 Å². The summed E-state index contributed by atoms with van der Waals surface area (Å²) in [5.74, 6) is 0.878. The summed E-state index contributed by atoms with van der Waals surface area (Å²) >= 11 is 5.81. The van der Waals surface area contributed by atoms with E-state index in [9.17, 15) is 0 Å². The van der Waals surface area contributed by atoms with E-state index in [1.54, 1.807) is 0 Å². The van der Waals surface area contributed by atoms with Crippen LogP contribution < -0.4 is 10.6 Å². The molecule has 1 aromatic heterocycles. The largest absolute Gasteiger partial charge is 0.378 e. The first-order valence-corrected chi connectivity index (χ1v) is 9.25. The highest BCUT2D eigenvalue weighted by Crippen LogP contribution is 2.57. The second-order valence-corrected chi connectivity index (χ2v) is 7.09. The van der Waals surface area contributed by atoms with Gasteiger partial charge in [0.25, 0.3) is 0 Å². The fraction of sp³-hybridized carbons (Fsp3) is 0.667. The third-order valence-corrected chi connectivity index (χ3v) is 5.69. The second-order valence-electron chi connectivity index (χ2n) is 6.70. The number of ether oxygens (including phenoxy) is 1. The molecule has 2 fully saturated rings. The van der Waals surface area contributed by atoms with E-state index in [0.29, 0.717) is 22.7 Å². The maximum atomic E-state index is 5.91. The Morgan fingerprint density at radius 2 is 2.24 bits per heavy atom. The molecule has 0 radical (unpaired) electrons. The first-order chi connectivity index (χ1) is 11.7. The number of pyridine rings is 1. The Hall–Kier alpha value is -0.600. The van der Waals surface area contributed by atoms with Gasteiger partial charge in [-0.3, -0.25) is 4.99 Å². The zero-order chi connectivity index (χ0) is 17.0. The smallest absolute Gasteiger partial charge is 0.191 e. The number of aromatic nitrogens is 1. The Kier molecular flexibility index (Phi) is 7.76. The van der Waals surface area contributed by atoms with Gasteiger partial charge in [0.15, 0.2) is 5.96 Å². The molecule has 0 amide bonds. The van der Waals surface area contributed by atoms with Crippen LogP contribution in [0.3, 0.4) is 0 Å². The summed E-state index contributed by atoms with van der Waals surface area (Å²) < 4.78 is 5.91. The summed E-state index contributed by atoms with van der Waals surface area (Å²) in [6, 6.07) is 4.31. The van der Waals surface area contributed by atoms with E-state index < -0.39 is 0 Å². The lowest BCUT2D eigenvalue weighted by Gasteiger charge is -2.61. The molecule has 5 nitrogen and oxygen atoms in total. The molecule has 1 heterocycles. The monoisotopic (exact) mass is 478 g/mol. The van der Waals surface area contributed by atoms with Gasteiger partial charge in [0.2, 0.25) is 0 Å². The Morgan fingerprint density at radius 3 is 2.80 bits per heavy atom. The number of nitrogens with zero attached hydrogens (tertiary/aromatic N) is 2. The molecule has 2 aliphatic rings.